The fraction of sp³-hybridized carbons (Fsp3) is 0.368. The van der Waals surface area contributed by atoms with Crippen molar-refractivity contribution < 1.29 is 37.9 Å². The van der Waals surface area contributed by atoms with Crippen LogP contribution < -0.4 is 10.1 Å². The standard InChI is InChI=1S/C38H38Cl3N3O8/c1-7-49-36(47)44(5)38(19-24(34(45)48-6)17-25(20-38)42-35(46)51-37(2,3)4)16-15-22-13-14-26(18-30(22)41)50-21-27-32(43-52-33(27)23-11-12-23)31-28(39)9-8-10-29(31)40/h8-10,13-14,17-19,23H,7,11-12,20-21H2,1-6H3,(H,42,46). The number of benzene rings is 2. The van der Waals surface area contributed by atoms with Crippen LogP contribution in [0.3, 0.4) is 0 Å². The average molecular weight is 771 g/mol. The van der Waals surface area contributed by atoms with Crippen molar-refractivity contribution in [3.8, 4) is 28.8 Å². The first-order valence-electron chi connectivity index (χ1n) is 16.4. The molecule has 2 aliphatic rings. The largest absolute Gasteiger partial charge is 0.489 e. The number of carbonyl (C=O) groups is 3. The molecule has 1 heterocycles. The van der Waals surface area contributed by atoms with Crippen LogP contribution in [0.1, 0.15) is 69.8 Å². The smallest absolute Gasteiger partial charge is 0.411 e. The number of ether oxygens (including phenoxy) is 4. The Kier molecular flexibility index (Phi) is 11.8. The van der Waals surface area contributed by atoms with E-state index in [1.807, 2.05) is 0 Å². The second kappa shape index (κ2) is 15.9. The normalized spacial score (nSPS) is 16.8. The highest BCUT2D eigenvalue weighted by Crippen LogP contribution is 2.46. The van der Waals surface area contributed by atoms with Gasteiger partial charge in [-0.15, -0.1) is 0 Å². The summed E-state index contributed by atoms with van der Waals surface area (Å²) < 4.78 is 27.6. The highest BCUT2D eigenvalue weighted by molar-refractivity contribution is 6.39. The molecule has 2 amide bonds. The molecule has 1 fully saturated rings. The Bertz CT molecular complexity index is 1980. The number of aromatic nitrogens is 1. The zero-order valence-corrected chi connectivity index (χ0v) is 31.8. The lowest BCUT2D eigenvalue weighted by atomic mass is 9.84. The fourth-order valence-corrected chi connectivity index (χ4v) is 6.25. The van der Waals surface area contributed by atoms with Crippen LogP contribution in [0.2, 0.25) is 15.1 Å². The van der Waals surface area contributed by atoms with E-state index in [0.29, 0.717) is 32.6 Å². The maximum Gasteiger partial charge on any atom is 0.411 e. The van der Waals surface area contributed by atoms with E-state index in [1.54, 1.807) is 64.1 Å². The predicted octanol–water partition coefficient (Wildman–Crippen LogP) is 8.85. The molecule has 274 valence electrons. The van der Waals surface area contributed by atoms with Crippen molar-refractivity contribution in [3.63, 3.8) is 0 Å². The maximum atomic E-state index is 13.1. The predicted molar refractivity (Wildman–Crippen MR) is 196 cm³/mol. The van der Waals surface area contributed by atoms with Gasteiger partial charge in [-0.2, -0.15) is 0 Å². The number of hydrogen-bond acceptors (Lipinski definition) is 9. The van der Waals surface area contributed by atoms with Crippen molar-refractivity contribution in [2.75, 3.05) is 20.8 Å². The number of nitrogens with zero attached hydrogens (tertiary/aromatic N) is 2. The minimum Gasteiger partial charge on any atom is -0.489 e. The van der Waals surface area contributed by atoms with Crippen LogP contribution >= 0.6 is 34.8 Å². The molecule has 0 saturated heterocycles. The van der Waals surface area contributed by atoms with Crippen LogP contribution in [0.5, 0.6) is 5.75 Å². The summed E-state index contributed by atoms with van der Waals surface area (Å²) in [4.78, 5) is 39.9. The molecule has 11 nitrogen and oxygen atoms in total. The molecule has 52 heavy (non-hydrogen) atoms. The monoisotopic (exact) mass is 769 g/mol. The lowest BCUT2D eigenvalue weighted by molar-refractivity contribution is -0.135. The van der Waals surface area contributed by atoms with Crippen LogP contribution in [0.25, 0.3) is 11.3 Å². The van der Waals surface area contributed by atoms with Gasteiger partial charge in [0.15, 0.2) is 0 Å². The first-order valence-corrected chi connectivity index (χ1v) is 17.6. The summed E-state index contributed by atoms with van der Waals surface area (Å²) in [6, 6.07) is 10.2. The molecule has 1 aromatic heterocycles. The molecular weight excluding hydrogens is 733 g/mol. The summed E-state index contributed by atoms with van der Waals surface area (Å²) in [5, 5.41) is 8.13. The first kappa shape index (κ1) is 38.6. The zero-order valence-electron chi connectivity index (χ0n) is 29.5. The lowest BCUT2D eigenvalue weighted by Crippen LogP contribution is -2.50. The number of hydrogen-bond donors (Lipinski definition) is 1. The van der Waals surface area contributed by atoms with Gasteiger partial charge in [0, 0.05) is 42.3 Å². The third-order valence-corrected chi connectivity index (χ3v) is 9.05. The number of methoxy groups -OCH3 is 1. The Labute approximate surface area is 317 Å². The molecular formula is C38H38Cl3N3O8. The molecule has 5 rings (SSSR count). The summed E-state index contributed by atoms with van der Waals surface area (Å²) in [6.45, 7) is 7.04. The van der Waals surface area contributed by atoms with E-state index in [0.717, 1.165) is 24.2 Å². The molecule has 0 bridgehead atoms. The molecule has 0 spiro atoms. The highest BCUT2D eigenvalue weighted by Gasteiger charge is 2.40. The van der Waals surface area contributed by atoms with Gasteiger partial charge in [-0.1, -0.05) is 57.9 Å². The van der Waals surface area contributed by atoms with E-state index < -0.39 is 29.3 Å². The Morgan fingerprint density at radius 3 is 2.42 bits per heavy atom. The first-order chi connectivity index (χ1) is 24.6. The van der Waals surface area contributed by atoms with Crippen LogP contribution in [0.4, 0.5) is 9.59 Å². The van der Waals surface area contributed by atoms with Gasteiger partial charge in [0.25, 0.3) is 0 Å². The Balaban J connectivity index is 1.45. The summed E-state index contributed by atoms with van der Waals surface area (Å²) in [5.41, 5.74) is 0.271. The SMILES string of the molecule is CCOC(=O)N(C)C1(C#Cc2ccc(OCc3c(-c4c(Cl)cccc4Cl)noc3C3CC3)cc2Cl)C=C(C(=O)OC)C=C(NC(=O)OC(C)(C)C)C1. The van der Waals surface area contributed by atoms with Crippen molar-refractivity contribution >= 4 is 53.0 Å². The van der Waals surface area contributed by atoms with Crippen molar-refractivity contribution in [1.82, 2.24) is 15.4 Å². The molecule has 2 aromatic carbocycles. The lowest BCUT2D eigenvalue weighted by Gasteiger charge is -2.37. The fourth-order valence-electron chi connectivity index (χ4n) is 5.46. The second-order valence-electron chi connectivity index (χ2n) is 13.2. The number of alkyl carbamates (subject to hydrolysis) is 1. The molecule has 0 radical (unpaired) electrons. The summed E-state index contributed by atoms with van der Waals surface area (Å²) in [7, 11) is 2.71. The van der Waals surface area contributed by atoms with Crippen LogP contribution in [0.15, 0.2) is 64.3 Å². The van der Waals surface area contributed by atoms with Crippen molar-refractivity contribution in [2.45, 2.75) is 70.6 Å². The Hall–Kier alpha value is -4.63. The van der Waals surface area contributed by atoms with Crippen molar-refractivity contribution in [2.24, 2.45) is 0 Å². The molecule has 0 aliphatic heterocycles. The van der Waals surface area contributed by atoms with E-state index >= 15 is 0 Å². The molecule has 14 heteroatoms. The average Bonchev–Trinajstić information content (AvgIpc) is 3.84. The quantitative estimate of drug-likeness (QED) is 0.129. The number of rotatable bonds is 9. The van der Waals surface area contributed by atoms with Gasteiger partial charge in [0.1, 0.15) is 35.0 Å². The van der Waals surface area contributed by atoms with Gasteiger partial charge in [-0.05, 0) is 77.0 Å². The number of nitrogens with one attached hydrogen (secondary N) is 1. The van der Waals surface area contributed by atoms with E-state index in [9.17, 15) is 14.4 Å². The van der Waals surface area contributed by atoms with Gasteiger partial charge in [0.2, 0.25) is 0 Å². The minimum absolute atomic E-state index is 0.0340. The maximum absolute atomic E-state index is 13.1. The van der Waals surface area contributed by atoms with Gasteiger partial charge in [0.05, 0.1) is 39.9 Å². The number of halogens is 3. The molecule has 2 aliphatic carbocycles. The Morgan fingerprint density at radius 2 is 1.81 bits per heavy atom. The zero-order chi connectivity index (χ0) is 37.8. The van der Waals surface area contributed by atoms with Gasteiger partial charge < -0.3 is 23.5 Å². The molecule has 1 unspecified atom stereocenters. The van der Waals surface area contributed by atoms with Crippen molar-refractivity contribution in [3.05, 3.63) is 91.8 Å². The number of amides is 2. The second-order valence-corrected chi connectivity index (χ2v) is 14.4. The number of carbonyl (C=O) groups excluding carboxylic acids is 3. The van der Waals surface area contributed by atoms with Gasteiger partial charge in [-0.3, -0.25) is 10.2 Å². The molecule has 3 aromatic rings. The molecule has 1 saturated carbocycles. The van der Waals surface area contributed by atoms with E-state index in [4.69, 9.17) is 58.3 Å². The van der Waals surface area contributed by atoms with E-state index in [1.165, 1.54) is 31.2 Å². The minimum atomic E-state index is -1.49. The van der Waals surface area contributed by atoms with Crippen LogP contribution in [0, 0.1) is 11.8 Å². The summed E-state index contributed by atoms with van der Waals surface area (Å²) in [5.74, 6) is 6.89. The van der Waals surface area contributed by atoms with E-state index in [-0.39, 0.29) is 41.8 Å². The van der Waals surface area contributed by atoms with Gasteiger partial charge in [-0.25, -0.2) is 14.4 Å². The summed E-state index contributed by atoms with van der Waals surface area (Å²) >= 11 is 19.8. The Morgan fingerprint density at radius 1 is 1.10 bits per heavy atom. The topological polar surface area (TPSA) is 129 Å². The molecule has 1 N–H and O–H groups in total. The van der Waals surface area contributed by atoms with Gasteiger partial charge >= 0.3 is 18.2 Å². The number of esters is 1. The van der Waals surface area contributed by atoms with Crippen molar-refractivity contribution in [1.29, 1.82) is 0 Å². The number of likely N-dealkylation sites (N-methyl/N-ethyl adjacent to an activating group) is 1. The molecule has 1 atom stereocenters. The third-order valence-electron chi connectivity index (χ3n) is 8.11. The third kappa shape index (κ3) is 9.05. The van der Waals surface area contributed by atoms with Crippen LogP contribution in [-0.4, -0.2) is 60.1 Å². The summed E-state index contributed by atoms with van der Waals surface area (Å²) in [6.07, 6.45) is 3.41. The van der Waals surface area contributed by atoms with Crippen LogP contribution in [-0.2, 0) is 25.6 Å². The van der Waals surface area contributed by atoms with E-state index in [2.05, 4.69) is 22.3 Å². The highest BCUT2D eigenvalue weighted by atomic mass is 35.5.